The number of aryl methyl sites for hydroxylation is 1. The lowest BCUT2D eigenvalue weighted by Crippen LogP contribution is -2.15. The van der Waals surface area contributed by atoms with Crippen LogP contribution >= 0.6 is 0 Å². The lowest BCUT2D eigenvalue weighted by atomic mass is 10.1. The standard InChI is InChI=1S/C16H22N4/c1-20(2)16-15(18-12-13-19-16)17-11-7-6-10-14-8-4-3-5-9-14/h3-5,8-9,12-13H,6-7,10-11H2,1-2H3,(H,17,18). The Hall–Kier alpha value is -2.10. The first-order chi connectivity index (χ1) is 9.77. The fourth-order valence-corrected chi connectivity index (χ4v) is 2.09. The molecule has 0 radical (unpaired) electrons. The van der Waals surface area contributed by atoms with Crippen LogP contribution in [0.25, 0.3) is 0 Å². The van der Waals surface area contributed by atoms with E-state index < -0.39 is 0 Å². The molecule has 0 saturated heterocycles. The molecule has 2 rings (SSSR count). The van der Waals surface area contributed by atoms with Crippen molar-refractivity contribution in [2.24, 2.45) is 0 Å². The Morgan fingerprint density at radius 3 is 2.50 bits per heavy atom. The van der Waals surface area contributed by atoms with Crippen LogP contribution in [0.5, 0.6) is 0 Å². The number of unbranched alkanes of at least 4 members (excludes halogenated alkanes) is 1. The molecule has 1 N–H and O–H groups in total. The quantitative estimate of drug-likeness (QED) is 0.785. The van der Waals surface area contributed by atoms with E-state index in [1.165, 1.54) is 12.0 Å². The summed E-state index contributed by atoms with van der Waals surface area (Å²) < 4.78 is 0. The molecule has 0 atom stereocenters. The predicted molar refractivity (Wildman–Crippen MR) is 84.2 cm³/mol. The van der Waals surface area contributed by atoms with E-state index in [9.17, 15) is 0 Å². The second-order valence-electron chi connectivity index (χ2n) is 4.99. The van der Waals surface area contributed by atoms with E-state index in [0.29, 0.717) is 0 Å². The largest absolute Gasteiger partial charge is 0.367 e. The molecule has 1 aromatic carbocycles. The zero-order valence-electron chi connectivity index (χ0n) is 12.2. The van der Waals surface area contributed by atoms with E-state index in [2.05, 4.69) is 45.6 Å². The van der Waals surface area contributed by atoms with Gasteiger partial charge in [0.2, 0.25) is 0 Å². The smallest absolute Gasteiger partial charge is 0.171 e. The van der Waals surface area contributed by atoms with Crippen molar-refractivity contribution in [1.29, 1.82) is 0 Å². The highest BCUT2D eigenvalue weighted by Gasteiger charge is 2.05. The van der Waals surface area contributed by atoms with Gasteiger partial charge in [-0.2, -0.15) is 0 Å². The first-order valence-corrected chi connectivity index (χ1v) is 7.03. The molecule has 1 aromatic heterocycles. The number of anilines is 2. The summed E-state index contributed by atoms with van der Waals surface area (Å²) in [4.78, 5) is 10.6. The zero-order chi connectivity index (χ0) is 14.2. The SMILES string of the molecule is CN(C)c1nccnc1NCCCCc1ccccc1. The second-order valence-corrected chi connectivity index (χ2v) is 4.99. The normalized spacial score (nSPS) is 10.3. The second kappa shape index (κ2) is 7.48. The van der Waals surface area contributed by atoms with Gasteiger partial charge in [-0.3, -0.25) is 0 Å². The van der Waals surface area contributed by atoms with Gasteiger partial charge in [-0.05, 0) is 24.8 Å². The maximum atomic E-state index is 4.34. The van der Waals surface area contributed by atoms with Crippen molar-refractivity contribution in [2.75, 3.05) is 30.9 Å². The molecule has 4 heteroatoms. The van der Waals surface area contributed by atoms with Crippen molar-refractivity contribution < 1.29 is 0 Å². The summed E-state index contributed by atoms with van der Waals surface area (Å²) in [5.74, 6) is 1.74. The molecule has 0 unspecified atom stereocenters. The number of hydrogen-bond donors (Lipinski definition) is 1. The molecule has 0 amide bonds. The first kappa shape index (κ1) is 14.3. The van der Waals surface area contributed by atoms with Crippen molar-refractivity contribution in [1.82, 2.24) is 9.97 Å². The molecule has 2 aromatic rings. The van der Waals surface area contributed by atoms with Gasteiger partial charge in [-0.15, -0.1) is 0 Å². The number of benzene rings is 1. The van der Waals surface area contributed by atoms with Gasteiger partial charge in [0, 0.05) is 33.0 Å². The van der Waals surface area contributed by atoms with Gasteiger partial charge in [-0.25, -0.2) is 9.97 Å². The summed E-state index contributed by atoms with van der Waals surface area (Å²) in [7, 11) is 3.95. The maximum absolute atomic E-state index is 4.34. The van der Waals surface area contributed by atoms with Crippen LogP contribution in [0.4, 0.5) is 11.6 Å². The Bertz CT molecular complexity index is 511. The molecule has 0 saturated carbocycles. The van der Waals surface area contributed by atoms with Crippen LogP contribution in [0.15, 0.2) is 42.7 Å². The van der Waals surface area contributed by atoms with E-state index in [1.54, 1.807) is 12.4 Å². The van der Waals surface area contributed by atoms with Crippen LogP contribution in [0, 0.1) is 0 Å². The lowest BCUT2D eigenvalue weighted by molar-refractivity contribution is 0.761. The molecule has 20 heavy (non-hydrogen) atoms. The van der Waals surface area contributed by atoms with Gasteiger partial charge < -0.3 is 10.2 Å². The van der Waals surface area contributed by atoms with Crippen LogP contribution in [0.1, 0.15) is 18.4 Å². The Morgan fingerprint density at radius 1 is 1.00 bits per heavy atom. The molecule has 0 bridgehead atoms. The first-order valence-electron chi connectivity index (χ1n) is 7.03. The van der Waals surface area contributed by atoms with E-state index in [-0.39, 0.29) is 0 Å². The Labute approximate surface area is 120 Å². The zero-order valence-corrected chi connectivity index (χ0v) is 12.2. The molecule has 4 nitrogen and oxygen atoms in total. The summed E-state index contributed by atoms with van der Waals surface area (Å²) in [6.45, 7) is 0.923. The fraction of sp³-hybridized carbons (Fsp3) is 0.375. The van der Waals surface area contributed by atoms with Gasteiger partial charge in [0.05, 0.1) is 0 Å². The van der Waals surface area contributed by atoms with Gasteiger partial charge in [0.25, 0.3) is 0 Å². The minimum atomic E-state index is 0.859. The summed E-state index contributed by atoms with van der Waals surface area (Å²) in [5, 5.41) is 3.37. The van der Waals surface area contributed by atoms with Crippen molar-refractivity contribution in [2.45, 2.75) is 19.3 Å². The van der Waals surface area contributed by atoms with Gasteiger partial charge in [-0.1, -0.05) is 30.3 Å². The van der Waals surface area contributed by atoms with E-state index in [1.807, 2.05) is 19.0 Å². The van der Waals surface area contributed by atoms with Gasteiger partial charge >= 0.3 is 0 Å². The fourth-order valence-electron chi connectivity index (χ4n) is 2.09. The molecule has 0 aliphatic rings. The van der Waals surface area contributed by atoms with Crippen molar-refractivity contribution in [3.8, 4) is 0 Å². The average Bonchev–Trinajstić information content (AvgIpc) is 2.48. The highest BCUT2D eigenvalue weighted by atomic mass is 15.2. The van der Waals surface area contributed by atoms with Crippen LogP contribution < -0.4 is 10.2 Å². The van der Waals surface area contributed by atoms with Gasteiger partial charge in [0.1, 0.15) is 0 Å². The molecule has 1 heterocycles. The third kappa shape index (κ3) is 4.23. The number of hydrogen-bond acceptors (Lipinski definition) is 4. The molecule has 106 valence electrons. The minimum Gasteiger partial charge on any atom is -0.367 e. The van der Waals surface area contributed by atoms with Crippen LogP contribution in [-0.2, 0) is 6.42 Å². The summed E-state index contributed by atoms with van der Waals surface area (Å²) in [5.41, 5.74) is 1.40. The number of rotatable bonds is 7. The summed E-state index contributed by atoms with van der Waals surface area (Å²) >= 11 is 0. The Morgan fingerprint density at radius 2 is 1.75 bits per heavy atom. The van der Waals surface area contributed by atoms with Crippen molar-refractivity contribution in [3.63, 3.8) is 0 Å². The van der Waals surface area contributed by atoms with Crippen LogP contribution in [0.2, 0.25) is 0 Å². The summed E-state index contributed by atoms with van der Waals surface area (Å²) in [6, 6.07) is 10.6. The highest BCUT2D eigenvalue weighted by molar-refractivity contribution is 5.59. The molecule has 0 fully saturated rings. The Balaban J connectivity index is 1.74. The molecular weight excluding hydrogens is 248 g/mol. The highest BCUT2D eigenvalue weighted by Crippen LogP contribution is 2.17. The van der Waals surface area contributed by atoms with Gasteiger partial charge in [0.15, 0.2) is 11.6 Å². The van der Waals surface area contributed by atoms with E-state index in [4.69, 9.17) is 0 Å². The molecular formula is C16H22N4. The minimum absolute atomic E-state index is 0.859. The number of aromatic nitrogens is 2. The number of nitrogens with zero attached hydrogens (tertiary/aromatic N) is 3. The predicted octanol–water partition coefficient (Wildman–Crippen LogP) is 2.98. The van der Waals surface area contributed by atoms with Crippen LogP contribution in [0.3, 0.4) is 0 Å². The van der Waals surface area contributed by atoms with Crippen LogP contribution in [-0.4, -0.2) is 30.6 Å². The van der Waals surface area contributed by atoms with E-state index >= 15 is 0 Å². The van der Waals surface area contributed by atoms with Crippen molar-refractivity contribution >= 4 is 11.6 Å². The average molecular weight is 270 g/mol. The topological polar surface area (TPSA) is 41.1 Å². The summed E-state index contributed by atoms with van der Waals surface area (Å²) in [6.07, 6.45) is 6.87. The molecule has 0 aliphatic carbocycles. The van der Waals surface area contributed by atoms with E-state index in [0.717, 1.165) is 31.0 Å². The third-order valence-corrected chi connectivity index (χ3v) is 3.13. The molecule has 0 aliphatic heterocycles. The molecule has 0 spiro atoms. The monoisotopic (exact) mass is 270 g/mol. The Kier molecular flexibility index (Phi) is 5.35. The lowest BCUT2D eigenvalue weighted by Gasteiger charge is -2.15. The number of nitrogens with one attached hydrogen (secondary N) is 1. The van der Waals surface area contributed by atoms with Crippen molar-refractivity contribution in [3.05, 3.63) is 48.3 Å². The maximum Gasteiger partial charge on any atom is 0.171 e. The third-order valence-electron chi connectivity index (χ3n) is 3.13.